The van der Waals surface area contributed by atoms with Gasteiger partial charge in [-0.15, -0.1) is 0 Å². The minimum absolute atomic E-state index is 0.0873. The molecule has 0 aromatic heterocycles. The summed E-state index contributed by atoms with van der Waals surface area (Å²) in [6, 6.07) is 19.6. The van der Waals surface area contributed by atoms with Crippen LogP contribution >= 0.6 is 11.8 Å². The number of aliphatic imine (C=N–C) groups is 2. The molecule has 3 aromatic carbocycles. The molecule has 2 aliphatic rings. The van der Waals surface area contributed by atoms with E-state index in [0.29, 0.717) is 40.1 Å². The Labute approximate surface area is 247 Å². The van der Waals surface area contributed by atoms with Crippen LogP contribution in [0.1, 0.15) is 37.3 Å². The fraction of sp³-hybridized carbons (Fsp3) is 0.258. The molecule has 0 saturated carbocycles. The smallest absolute Gasteiger partial charge is 0.259 e. The van der Waals surface area contributed by atoms with Crippen LogP contribution in [0.25, 0.3) is 0 Å². The van der Waals surface area contributed by atoms with Crippen LogP contribution in [0, 0.1) is 5.82 Å². The number of benzene rings is 3. The highest BCUT2D eigenvalue weighted by atomic mass is 32.2. The van der Waals surface area contributed by atoms with Gasteiger partial charge in [-0.05, 0) is 54.8 Å². The molecule has 0 spiro atoms. The molecule has 3 aromatic rings. The van der Waals surface area contributed by atoms with E-state index in [1.807, 2.05) is 31.2 Å². The summed E-state index contributed by atoms with van der Waals surface area (Å²) in [6.07, 6.45) is 0.791. The number of thioether (sulfide) groups is 1. The van der Waals surface area contributed by atoms with Crippen LogP contribution in [0.2, 0.25) is 0 Å². The zero-order valence-corrected chi connectivity index (χ0v) is 24.0. The highest BCUT2D eigenvalue weighted by Gasteiger charge is 2.42. The standard InChI is InChI=1S/C31H30FN5O4S/c1-3-26(29(39)34-21-7-6-8-22(17-21)41-2)42-31-36-24-10-5-4-9-23(24)28-35-25(30(40)37(28)31)15-16-27(38)33-18-19-11-13-20(32)14-12-19/h4-14,17,25-26H,3,15-16,18H2,1-2H3,(H,33,38)(H,34,39)/t25-,26-/m1/s1. The molecule has 42 heavy (non-hydrogen) atoms. The van der Waals surface area contributed by atoms with Gasteiger partial charge >= 0.3 is 0 Å². The van der Waals surface area contributed by atoms with Gasteiger partial charge in [0.15, 0.2) is 5.17 Å². The minimum Gasteiger partial charge on any atom is -0.497 e. The number of amidine groups is 2. The summed E-state index contributed by atoms with van der Waals surface area (Å²) < 4.78 is 18.4. The molecule has 0 saturated heterocycles. The zero-order chi connectivity index (χ0) is 29.6. The number of hydrogen-bond donors (Lipinski definition) is 2. The molecule has 0 bridgehead atoms. The van der Waals surface area contributed by atoms with Crippen molar-refractivity contribution in [2.24, 2.45) is 9.98 Å². The summed E-state index contributed by atoms with van der Waals surface area (Å²) in [5, 5.41) is 5.56. The minimum atomic E-state index is -0.765. The molecule has 2 atom stereocenters. The average molecular weight is 588 g/mol. The van der Waals surface area contributed by atoms with Gasteiger partial charge in [-0.1, -0.05) is 49.0 Å². The van der Waals surface area contributed by atoms with Crippen molar-refractivity contribution in [2.45, 2.75) is 44.0 Å². The van der Waals surface area contributed by atoms with Crippen molar-refractivity contribution in [3.05, 3.63) is 89.7 Å². The number of nitrogens with one attached hydrogen (secondary N) is 2. The lowest BCUT2D eigenvalue weighted by atomic mass is 10.1. The lowest BCUT2D eigenvalue weighted by molar-refractivity contribution is -0.125. The summed E-state index contributed by atoms with van der Waals surface area (Å²) in [7, 11) is 1.56. The molecular weight excluding hydrogens is 557 g/mol. The van der Waals surface area contributed by atoms with Gasteiger partial charge in [0.2, 0.25) is 11.8 Å². The van der Waals surface area contributed by atoms with Crippen LogP contribution in [0.3, 0.4) is 0 Å². The van der Waals surface area contributed by atoms with Gasteiger partial charge in [0.1, 0.15) is 23.4 Å². The number of ether oxygens (including phenoxy) is 1. The summed E-state index contributed by atoms with van der Waals surface area (Å²) in [4.78, 5) is 50.3. The fourth-order valence-corrected chi connectivity index (χ4v) is 5.62. The Bertz CT molecular complexity index is 1560. The molecule has 2 heterocycles. The molecule has 0 fully saturated rings. The van der Waals surface area contributed by atoms with E-state index in [9.17, 15) is 18.8 Å². The Hall–Kier alpha value is -4.51. The number of carbonyl (C=O) groups is 3. The number of hydrogen-bond acceptors (Lipinski definition) is 7. The van der Waals surface area contributed by atoms with E-state index >= 15 is 0 Å². The molecular formula is C31H30FN5O4S. The topological polar surface area (TPSA) is 112 Å². The summed E-state index contributed by atoms with van der Waals surface area (Å²) in [5.74, 6) is -0.00257. The van der Waals surface area contributed by atoms with Crippen molar-refractivity contribution in [3.63, 3.8) is 0 Å². The number of fused-ring (bicyclic) bond motifs is 3. The lowest BCUT2D eigenvalue weighted by Crippen LogP contribution is -2.42. The molecule has 2 aliphatic heterocycles. The van der Waals surface area contributed by atoms with Gasteiger partial charge in [0.25, 0.3) is 5.91 Å². The highest BCUT2D eigenvalue weighted by molar-refractivity contribution is 8.15. The van der Waals surface area contributed by atoms with Crippen molar-refractivity contribution >= 4 is 51.9 Å². The van der Waals surface area contributed by atoms with Crippen LogP contribution in [0.4, 0.5) is 15.8 Å². The van der Waals surface area contributed by atoms with Crippen LogP contribution in [-0.2, 0) is 20.9 Å². The first kappa shape index (κ1) is 29.0. The van der Waals surface area contributed by atoms with Gasteiger partial charge in [0, 0.05) is 30.3 Å². The maximum absolute atomic E-state index is 13.6. The molecule has 0 unspecified atom stereocenters. The SMILES string of the molecule is CC[C@@H](SC1=Nc2ccccc2C2=N[C@H](CCC(=O)NCc3ccc(F)cc3)C(=O)N12)C(=O)Nc1cccc(OC)c1. The third-order valence-corrected chi connectivity index (χ3v) is 8.16. The van der Waals surface area contributed by atoms with Crippen molar-refractivity contribution in [1.29, 1.82) is 0 Å². The maximum Gasteiger partial charge on any atom is 0.259 e. The van der Waals surface area contributed by atoms with Crippen molar-refractivity contribution < 1.29 is 23.5 Å². The van der Waals surface area contributed by atoms with Crippen LogP contribution in [-0.4, -0.2) is 52.0 Å². The van der Waals surface area contributed by atoms with Crippen LogP contribution in [0.5, 0.6) is 5.75 Å². The normalized spacial score (nSPS) is 16.1. The first-order valence-corrected chi connectivity index (χ1v) is 14.5. The van der Waals surface area contributed by atoms with E-state index in [0.717, 1.165) is 5.56 Å². The Balaban J connectivity index is 1.28. The lowest BCUT2D eigenvalue weighted by Gasteiger charge is -2.27. The third kappa shape index (κ3) is 6.52. The van der Waals surface area contributed by atoms with Gasteiger partial charge in [0.05, 0.1) is 18.0 Å². The molecule has 0 aliphatic carbocycles. The van der Waals surface area contributed by atoms with E-state index in [2.05, 4.69) is 10.6 Å². The van der Waals surface area contributed by atoms with Gasteiger partial charge < -0.3 is 15.4 Å². The molecule has 11 heteroatoms. The number of carbonyl (C=O) groups excluding carboxylic acids is 3. The Morgan fingerprint density at radius 1 is 1.10 bits per heavy atom. The summed E-state index contributed by atoms with van der Waals surface area (Å²) in [5.41, 5.74) is 2.75. The first-order valence-electron chi connectivity index (χ1n) is 13.6. The number of para-hydroxylation sites is 1. The second kappa shape index (κ2) is 13.0. The highest BCUT2D eigenvalue weighted by Crippen LogP contribution is 2.36. The molecule has 0 radical (unpaired) electrons. The van der Waals surface area contributed by atoms with E-state index in [4.69, 9.17) is 14.7 Å². The summed E-state index contributed by atoms with van der Waals surface area (Å²) >= 11 is 1.20. The third-order valence-electron chi connectivity index (χ3n) is 6.84. The average Bonchev–Trinajstić information content (AvgIpc) is 3.34. The van der Waals surface area contributed by atoms with E-state index in [1.54, 1.807) is 43.5 Å². The first-order chi connectivity index (χ1) is 20.4. The number of rotatable bonds is 10. The largest absolute Gasteiger partial charge is 0.497 e. The number of amides is 3. The Kier molecular flexibility index (Phi) is 8.97. The molecule has 216 valence electrons. The molecule has 3 amide bonds. The maximum atomic E-state index is 13.6. The van der Waals surface area contributed by atoms with Crippen LogP contribution in [0.15, 0.2) is 82.8 Å². The van der Waals surface area contributed by atoms with E-state index in [-0.39, 0.29) is 42.9 Å². The number of halogens is 1. The van der Waals surface area contributed by atoms with Crippen molar-refractivity contribution in [2.75, 3.05) is 12.4 Å². The molecule has 9 nitrogen and oxygen atoms in total. The van der Waals surface area contributed by atoms with Gasteiger partial charge in [-0.3, -0.25) is 19.4 Å². The Morgan fingerprint density at radius 3 is 2.64 bits per heavy atom. The Morgan fingerprint density at radius 2 is 1.88 bits per heavy atom. The quantitative estimate of drug-likeness (QED) is 0.345. The number of nitrogens with zero attached hydrogens (tertiary/aromatic N) is 3. The van der Waals surface area contributed by atoms with Gasteiger partial charge in [-0.25, -0.2) is 14.3 Å². The predicted molar refractivity (Wildman–Crippen MR) is 161 cm³/mol. The van der Waals surface area contributed by atoms with Crippen molar-refractivity contribution in [1.82, 2.24) is 10.2 Å². The molecule has 5 rings (SSSR count). The van der Waals surface area contributed by atoms with Crippen LogP contribution < -0.4 is 15.4 Å². The number of anilines is 1. The zero-order valence-electron chi connectivity index (χ0n) is 23.2. The second-order valence-electron chi connectivity index (χ2n) is 9.73. The predicted octanol–water partition coefficient (Wildman–Crippen LogP) is 5.04. The number of methoxy groups -OCH3 is 1. The second-order valence-corrected chi connectivity index (χ2v) is 10.9. The fourth-order valence-electron chi connectivity index (χ4n) is 4.60. The van der Waals surface area contributed by atoms with Crippen molar-refractivity contribution in [3.8, 4) is 5.75 Å². The summed E-state index contributed by atoms with van der Waals surface area (Å²) in [6.45, 7) is 2.16. The molecule has 2 N–H and O–H groups in total. The van der Waals surface area contributed by atoms with E-state index in [1.165, 1.54) is 28.8 Å². The van der Waals surface area contributed by atoms with Gasteiger partial charge in [-0.2, -0.15) is 0 Å². The van der Waals surface area contributed by atoms with E-state index < -0.39 is 11.3 Å². The monoisotopic (exact) mass is 587 g/mol.